The maximum atomic E-state index is 12.6. The van der Waals surface area contributed by atoms with Crippen molar-refractivity contribution in [3.63, 3.8) is 0 Å². The van der Waals surface area contributed by atoms with Crippen molar-refractivity contribution in [2.45, 2.75) is 45.3 Å². The Labute approximate surface area is 148 Å². The van der Waals surface area contributed by atoms with E-state index in [1.54, 1.807) is 6.92 Å². The molecule has 2 heterocycles. The molecule has 2 aliphatic heterocycles. The molecule has 25 heavy (non-hydrogen) atoms. The SMILES string of the molecule is CC1=C(C(=O)NC2CCN(Cc3ccccc3)CC2)C(C)NC(=O)N1. The maximum Gasteiger partial charge on any atom is 0.319 e. The summed E-state index contributed by atoms with van der Waals surface area (Å²) in [4.78, 5) is 26.5. The lowest BCUT2D eigenvalue weighted by Gasteiger charge is -2.33. The Balaban J connectivity index is 1.51. The topological polar surface area (TPSA) is 73.5 Å². The first-order chi connectivity index (χ1) is 12.0. The van der Waals surface area contributed by atoms with Crippen LogP contribution in [0, 0.1) is 0 Å². The van der Waals surface area contributed by atoms with Crippen molar-refractivity contribution in [2.24, 2.45) is 0 Å². The summed E-state index contributed by atoms with van der Waals surface area (Å²) >= 11 is 0. The molecule has 1 aromatic rings. The van der Waals surface area contributed by atoms with E-state index in [-0.39, 0.29) is 24.0 Å². The van der Waals surface area contributed by atoms with Gasteiger partial charge in [0.05, 0.1) is 11.6 Å². The number of urea groups is 1. The van der Waals surface area contributed by atoms with Gasteiger partial charge in [-0.2, -0.15) is 0 Å². The van der Waals surface area contributed by atoms with Crippen LogP contribution in [0.3, 0.4) is 0 Å². The van der Waals surface area contributed by atoms with Crippen molar-refractivity contribution in [2.75, 3.05) is 13.1 Å². The van der Waals surface area contributed by atoms with Gasteiger partial charge in [-0.05, 0) is 32.3 Å². The monoisotopic (exact) mass is 342 g/mol. The largest absolute Gasteiger partial charge is 0.349 e. The predicted octanol–water partition coefficient (Wildman–Crippen LogP) is 1.74. The minimum atomic E-state index is -0.271. The fourth-order valence-corrected chi connectivity index (χ4v) is 3.57. The molecule has 134 valence electrons. The first kappa shape index (κ1) is 17.5. The van der Waals surface area contributed by atoms with E-state index < -0.39 is 0 Å². The molecule has 1 atom stereocenters. The van der Waals surface area contributed by atoms with E-state index in [9.17, 15) is 9.59 Å². The van der Waals surface area contributed by atoms with E-state index in [0.29, 0.717) is 11.3 Å². The van der Waals surface area contributed by atoms with Crippen LogP contribution in [0.15, 0.2) is 41.6 Å². The van der Waals surface area contributed by atoms with Gasteiger partial charge in [-0.15, -0.1) is 0 Å². The van der Waals surface area contributed by atoms with E-state index in [1.165, 1.54) is 5.56 Å². The molecule has 1 unspecified atom stereocenters. The molecule has 3 N–H and O–H groups in total. The van der Waals surface area contributed by atoms with Gasteiger partial charge in [0, 0.05) is 31.4 Å². The van der Waals surface area contributed by atoms with Gasteiger partial charge in [-0.3, -0.25) is 9.69 Å². The molecular weight excluding hydrogens is 316 g/mol. The molecule has 0 bridgehead atoms. The second-order valence-electron chi connectivity index (χ2n) is 6.87. The zero-order valence-electron chi connectivity index (χ0n) is 14.8. The Morgan fingerprint density at radius 1 is 1.24 bits per heavy atom. The summed E-state index contributed by atoms with van der Waals surface area (Å²) < 4.78 is 0. The average Bonchev–Trinajstić information content (AvgIpc) is 2.56. The lowest BCUT2D eigenvalue weighted by molar-refractivity contribution is -0.118. The molecule has 1 aromatic carbocycles. The number of nitrogens with zero attached hydrogens (tertiary/aromatic N) is 1. The third kappa shape index (κ3) is 4.39. The van der Waals surface area contributed by atoms with Crippen molar-refractivity contribution in [3.05, 3.63) is 47.2 Å². The molecule has 1 fully saturated rings. The van der Waals surface area contributed by atoms with Crippen molar-refractivity contribution < 1.29 is 9.59 Å². The molecule has 0 aromatic heterocycles. The number of benzene rings is 1. The standard InChI is InChI=1S/C19H26N4O2/c1-13-17(14(2)21-19(25)20-13)18(24)22-16-8-10-23(11-9-16)12-15-6-4-3-5-7-15/h3-7,13,16H,8-12H2,1-2H3,(H,22,24)(H2,20,21,25). The molecule has 3 amide bonds. The molecular formula is C19H26N4O2. The van der Waals surface area contributed by atoms with E-state index in [1.807, 2.05) is 13.0 Å². The Morgan fingerprint density at radius 2 is 1.92 bits per heavy atom. The molecule has 0 saturated carbocycles. The predicted molar refractivity (Wildman–Crippen MR) is 96.7 cm³/mol. The lowest BCUT2D eigenvalue weighted by atomic mass is 10.0. The highest BCUT2D eigenvalue weighted by Crippen LogP contribution is 2.16. The van der Waals surface area contributed by atoms with Crippen LogP contribution in [0.2, 0.25) is 0 Å². The minimum absolute atomic E-state index is 0.0843. The van der Waals surface area contributed by atoms with Gasteiger partial charge >= 0.3 is 6.03 Å². The fraction of sp³-hybridized carbons (Fsp3) is 0.474. The van der Waals surface area contributed by atoms with Gasteiger partial charge in [0.25, 0.3) is 5.91 Å². The number of allylic oxidation sites excluding steroid dienone is 1. The second kappa shape index (κ2) is 7.70. The molecule has 0 aliphatic carbocycles. The van der Waals surface area contributed by atoms with Crippen LogP contribution in [0.25, 0.3) is 0 Å². The van der Waals surface area contributed by atoms with Crippen LogP contribution in [0.5, 0.6) is 0 Å². The highest BCUT2D eigenvalue weighted by atomic mass is 16.2. The van der Waals surface area contributed by atoms with E-state index in [0.717, 1.165) is 32.5 Å². The molecule has 2 aliphatic rings. The summed E-state index contributed by atoms with van der Waals surface area (Å²) in [7, 11) is 0. The number of carbonyl (C=O) groups is 2. The minimum Gasteiger partial charge on any atom is -0.349 e. The lowest BCUT2D eigenvalue weighted by Crippen LogP contribution is -2.52. The number of piperidine rings is 1. The number of nitrogens with one attached hydrogen (secondary N) is 3. The van der Waals surface area contributed by atoms with Crippen LogP contribution in [-0.2, 0) is 11.3 Å². The number of likely N-dealkylation sites (tertiary alicyclic amines) is 1. The Kier molecular flexibility index (Phi) is 5.38. The normalized spacial score (nSPS) is 22.3. The van der Waals surface area contributed by atoms with Crippen LogP contribution in [0.4, 0.5) is 4.79 Å². The summed E-state index contributed by atoms with van der Waals surface area (Å²) in [6, 6.07) is 10.1. The first-order valence-corrected chi connectivity index (χ1v) is 8.88. The number of amides is 3. The summed E-state index contributed by atoms with van der Waals surface area (Å²) in [6.07, 6.45) is 1.89. The summed E-state index contributed by atoms with van der Waals surface area (Å²) in [5.41, 5.74) is 2.57. The van der Waals surface area contributed by atoms with Gasteiger partial charge in [-0.1, -0.05) is 30.3 Å². The molecule has 3 rings (SSSR count). The van der Waals surface area contributed by atoms with E-state index in [2.05, 4.69) is 45.1 Å². The first-order valence-electron chi connectivity index (χ1n) is 8.88. The van der Waals surface area contributed by atoms with Crippen molar-refractivity contribution in [1.82, 2.24) is 20.9 Å². The van der Waals surface area contributed by atoms with Crippen molar-refractivity contribution >= 4 is 11.9 Å². The van der Waals surface area contributed by atoms with Gasteiger partial charge < -0.3 is 16.0 Å². The van der Waals surface area contributed by atoms with Crippen LogP contribution >= 0.6 is 0 Å². The second-order valence-corrected chi connectivity index (χ2v) is 6.87. The zero-order chi connectivity index (χ0) is 17.8. The quantitative estimate of drug-likeness (QED) is 0.780. The number of rotatable bonds is 4. The van der Waals surface area contributed by atoms with Gasteiger partial charge in [-0.25, -0.2) is 4.79 Å². The average molecular weight is 342 g/mol. The van der Waals surface area contributed by atoms with Crippen LogP contribution < -0.4 is 16.0 Å². The molecule has 6 nitrogen and oxygen atoms in total. The number of hydrogen-bond donors (Lipinski definition) is 3. The molecule has 0 spiro atoms. The Bertz CT molecular complexity index is 663. The van der Waals surface area contributed by atoms with E-state index in [4.69, 9.17) is 0 Å². The van der Waals surface area contributed by atoms with Gasteiger partial charge in [0.15, 0.2) is 0 Å². The summed E-state index contributed by atoms with van der Waals surface area (Å²) in [5.74, 6) is -0.0843. The summed E-state index contributed by atoms with van der Waals surface area (Å²) in [6.45, 7) is 6.51. The van der Waals surface area contributed by atoms with Crippen molar-refractivity contribution in [3.8, 4) is 0 Å². The highest BCUT2D eigenvalue weighted by molar-refractivity contribution is 5.98. The summed E-state index contributed by atoms with van der Waals surface area (Å²) in [5, 5.41) is 8.54. The Hall–Kier alpha value is -2.34. The van der Waals surface area contributed by atoms with Crippen LogP contribution in [-0.4, -0.2) is 42.0 Å². The third-order valence-corrected chi connectivity index (χ3v) is 4.90. The fourth-order valence-electron chi connectivity index (χ4n) is 3.57. The van der Waals surface area contributed by atoms with Crippen LogP contribution in [0.1, 0.15) is 32.3 Å². The van der Waals surface area contributed by atoms with Gasteiger partial charge in [0.2, 0.25) is 0 Å². The zero-order valence-corrected chi connectivity index (χ0v) is 14.8. The Morgan fingerprint density at radius 3 is 2.56 bits per heavy atom. The molecule has 1 saturated heterocycles. The maximum absolute atomic E-state index is 12.6. The van der Waals surface area contributed by atoms with E-state index >= 15 is 0 Å². The number of hydrogen-bond acceptors (Lipinski definition) is 3. The highest BCUT2D eigenvalue weighted by Gasteiger charge is 2.29. The van der Waals surface area contributed by atoms with Crippen molar-refractivity contribution in [1.29, 1.82) is 0 Å². The number of carbonyl (C=O) groups excluding carboxylic acids is 2. The van der Waals surface area contributed by atoms with Gasteiger partial charge in [0.1, 0.15) is 0 Å². The molecule has 0 radical (unpaired) electrons. The molecule has 6 heteroatoms. The smallest absolute Gasteiger partial charge is 0.319 e. The third-order valence-electron chi connectivity index (χ3n) is 4.90.